The highest BCUT2D eigenvalue weighted by atomic mass is 32.2. The molecule has 1 fully saturated rings. The Labute approximate surface area is 288 Å². The van der Waals surface area contributed by atoms with Gasteiger partial charge in [-0.25, -0.2) is 4.79 Å². The van der Waals surface area contributed by atoms with Crippen LogP contribution in [0.25, 0.3) is 6.08 Å². The zero-order valence-corrected chi connectivity index (χ0v) is 27.3. The summed E-state index contributed by atoms with van der Waals surface area (Å²) in [6.45, 7) is -0.224. The van der Waals surface area contributed by atoms with E-state index in [1.165, 1.54) is 37.3 Å². The van der Waals surface area contributed by atoms with Crippen molar-refractivity contribution in [2.24, 2.45) is 0 Å². The van der Waals surface area contributed by atoms with E-state index >= 15 is 0 Å². The highest BCUT2D eigenvalue weighted by Crippen LogP contribution is 2.31. The van der Waals surface area contributed by atoms with E-state index in [1.807, 2.05) is 5.32 Å². The van der Waals surface area contributed by atoms with Crippen molar-refractivity contribution in [3.05, 3.63) is 42.0 Å². The normalized spacial score (nSPS) is 22.4. The fourth-order valence-electron chi connectivity index (χ4n) is 4.48. The molecule has 0 aliphatic carbocycles. The second-order valence-electron chi connectivity index (χ2n) is 10.9. The number of carbonyl (C=O) groups excluding carboxylic acids is 6. The molecule has 6 atom stereocenters. The molecule has 1 aromatic rings. The highest BCUT2D eigenvalue weighted by Gasteiger charge is 2.48. The fourth-order valence-corrected chi connectivity index (χ4v) is 5.13. The van der Waals surface area contributed by atoms with Crippen LogP contribution in [0, 0.1) is 0 Å². The molecular formula is C29H34N4O17S. The van der Waals surface area contributed by atoms with E-state index in [0.717, 1.165) is 12.2 Å². The summed E-state index contributed by atoms with van der Waals surface area (Å²) in [4.78, 5) is 84.5. The van der Waals surface area contributed by atoms with Crippen molar-refractivity contribution in [2.45, 2.75) is 50.1 Å². The Morgan fingerprint density at radius 2 is 1.69 bits per heavy atom. The lowest BCUT2D eigenvalue weighted by Gasteiger charge is -2.38. The molecule has 2 heterocycles. The van der Waals surface area contributed by atoms with Gasteiger partial charge in [0.05, 0.1) is 5.69 Å². The maximum Gasteiger partial charge on any atom is 0.335 e. The van der Waals surface area contributed by atoms with Crippen LogP contribution >= 0.6 is 0 Å². The molecule has 278 valence electrons. The first-order valence-corrected chi connectivity index (χ1v) is 16.4. The molecule has 3 rings (SSSR count). The number of amides is 5. The summed E-state index contributed by atoms with van der Waals surface area (Å²) in [5.74, 6) is -8.44. The Balaban J connectivity index is 1.71. The van der Waals surface area contributed by atoms with Gasteiger partial charge in [0.2, 0.25) is 24.0 Å². The number of rotatable bonds is 16. The van der Waals surface area contributed by atoms with Gasteiger partial charge in [0.25, 0.3) is 21.9 Å². The second kappa shape index (κ2) is 17.6. The smallest absolute Gasteiger partial charge is 0.335 e. The Kier molecular flexibility index (Phi) is 13.9. The third kappa shape index (κ3) is 11.9. The van der Waals surface area contributed by atoms with Gasteiger partial charge in [0.15, 0.2) is 6.10 Å². The van der Waals surface area contributed by atoms with E-state index in [0.29, 0.717) is 10.5 Å². The fraction of sp³-hybridized carbons (Fsp3) is 0.414. The predicted octanol–water partition coefficient (Wildman–Crippen LogP) is -3.72. The standard InChI is InChI=1S/C29H34N4O17S/c1-14(34)48-10-2-3-15-4-5-18(49-29-25(41)23(39)24(40)26(50-29)28(43)44)16(11-15)31-19(35)8-9-30-27(42)17(13-51(45,46)47)32-20(36)12-33-21(37)6-7-22(33)38/h2-7,11,17,23-26,29,39-41H,8-10,12-13H2,1H3,(H,30,42)(H,31,35)(H,32,36)(H,43,44)(H,45,46,47)/b3-2+/t17-,23-,24-,25+,26-,29+/m0/s1. The number of esters is 1. The molecule has 0 unspecified atom stereocenters. The summed E-state index contributed by atoms with van der Waals surface area (Å²) in [6, 6.07) is 2.15. The number of hydrogen-bond acceptors (Lipinski definition) is 15. The Morgan fingerprint density at radius 3 is 2.29 bits per heavy atom. The number of aliphatic carboxylic acids is 1. The summed E-state index contributed by atoms with van der Waals surface area (Å²) >= 11 is 0. The van der Waals surface area contributed by atoms with Crippen LogP contribution in [0.2, 0.25) is 0 Å². The molecule has 5 amide bonds. The molecule has 0 bridgehead atoms. The van der Waals surface area contributed by atoms with Crippen molar-refractivity contribution in [2.75, 3.05) is 30.8 Å². The van der Waals surface area contributed by atoms with E-state index in [-0.39, 0.29) is 18.0 Å². The summed E-state index contributed by atoms with van der Waals surface area (Å²) in [5.41, 5.74) is 0.292. The molecule has 21 nitrogen and oxygen atoms in total. The van der Waals surface area contributed by atoms with Crippen LogP contribution in [0.5, 0.6) is 5.75 Å². The van der Waals surface area contributed by atoms with Gasteiger partial charge in [-0.1, -0.05) is 12.1 Å². The van der Waals surface area contributed by atoms with Crippen LogP contribution in [-0.4, -0.2) is 142 Å². The molecule has 22 heteroatoms. The molecule has 0 radical (unpaired) electrons. The first-order chi connectivity index (χ1) is 23.9. The van der Waals surface area contributed by atoms with Gasteiger partial charge < -0.3 is 50.6 Å². The molecule has 51 heavy (non-hydrogen) atoms. The van der Waals surface area contributed by atoms with Gasteiger partial charge >= 0.3 is 11.9 Å². The van der Waals surface area contributed by atoms with Gasteiger partial charge in [-0.2, -0.15) is 8.42 Å². The lowest BCUT2D eigenvalue weighted by molar-refractivity contribution is -0.271. The first kappa shape index (κ1) is 40.2. The topological polar surface area (TPSA) is 322 Å². The molecule has 0 aromatic heterocycles. The maximum absolute atomic E-state index is 12.9. The van der Waals surface area contributed by atoms with E-state index < -0.39 is 114 Å². The largest absolute Gasteiger partial charge is 0.479 e. The third-order valence-corrected chi connectivity index (χ3v) is 7.66. The number of nitrogens with one attached hydrogen (secondary N) is 3. The predicted molar refractivity (Wildman–Crippen MR) is 168 cm³/mol. The Hall–Kier alpha value is -5.26. The van der Waals surface area contributed by atoms with Crippen molar-refractivity contribution < 1.29 is 81.2 Å². The minimum Gasteiger partial charge on any atom is -0.479 e. The van der Waals surface area contributed by atoms with Crippen LogP contribution in [0.15, 0.2) is 36.4 Å². The number of carbonyl (C=O) groups is 7. The molecule has 0 spiro atoms. The number of anilines is 1. The third-order valence-electron chi connectivity index (χ3n) is 6.91. The summed E-state index contributed by atoms with van der Waals surface area (Å²) < 4.78 is 47.8. The van der Waals surface area contributed by atoms with Crippen molar-refractivity contribution >= 4 is 63.4 Å². The van der Waals surface area contributed by atoms with Gasteiger partial charge in [0.1, 0.15) is 49.0 Å². The minimum atomic E-state index is -4.85. The number of benzene rings is 1. The first-order valence-electron chi connectivity index (χ1n) is 14.7. The molecule has 1 aromatic carbocycles. The number of nitrogens with zero attached hydrogens (tertiary/aromatic N) is 1. The monoisotopic (exact) mass is 742 g/mol. The molecule has 1 saturated heterocycles. The van der Waals surface area contributed by atoms with E-state index in [2.05, 4.69) is 10.6 Å². The molecule has 2 aliphatic heterocycles. The van der Waals surface area contributed by atoms with Crippen molar-refractivity contribution in [1.29, 1.82) is 0 Å². The van der Waals surface area contributed by atoms with E-state index in [9.17, 15) is 67.0 Å². The number of carboxylic acid groups (broad SMARTS) is 1. The molecule has 2 aliphatic rings. The SMILES string of the molecule is CC(=O)OC/C=C/c1ccc(O[C@@H]2O[C@H](C(=O)O)[C@@H](O)[C@H](O)[C@H]2O)c(NC(=O)CCNC(=O)[C@H](CS(=O)(=O)O)NC(=O)CN2C(=O)C=CC2=O)c1. The van der Waals surface area contributed by atoms with Crippen LogP contribution in [0.1, 0.15) is 18.9 Å². The van der Waals surface area contributed by atoms with Gasteiger partial charge in [-0.15, -0.1) is 0 Å². The number of hydrogen-bond donors (Lipinski definition) is 8. The number of aliphatic hydroxyl groups is 3. The molecule has 8 N–H and O–H groups in total. The zero-order valence-electron chi connectivity index (χ0n) is 26.5. The summed E-state index contributed by atoms with van der Waals surface area (Å²) in [7, 11) is -4.85. The lowest BCUT2D eigenvalue weighted by Crippen LogP contribution is -2.61. The van der Waals surface area contributed by atoms with Crippen molar-refractivity contribution in [3.63, 3.8) is 0 Å². The average molecular weight is 743 g/mol. The average Bonchev–Trinajstić information content (AvgIpc) is 3.35. The highest BCUT2D eigenvalue weighted by molar-refractivity contribution is 7.85. The maximum atomic E-state index is 12.9. The minimum absolute atomic E-state index is 0.0986. The van der Waals surface area contributed by atoms with Crippen LogP contribution in [0.3, 0.4) is 0 Å². The van der Waals surface area contributed by atoms with Crippen LogP contribution in [-0.2, 0) is 53.2 Å². The van der Waals surface area contributed by atoms with Crippen molar-refractivity contribution in [3.8, 4) is 5.75 Å². The van der Waals surface area contributed by atoms with Crippen LogP contribution < -0.4 is 20.7 Å². The van der Waals surface area contributed by atoms with E-state index in [4.69, 9.17) is 14.2 Å². The Morgan fingerprint density at radius 1 is 1.02 bits per heavy atom. The lowest BCUT2D eigenvalue weighted by atomic mass is 9.99. The number of imide groups is 1. The number of aliphatic hydroxyl groups excluding tert-OH is 3. The quantitative estimate of drug-likeness (QED) is 0.0458. The van der Waals surface area contributed by atoms with Gasteiger partial charge in [-0.3, -0.25) is 38.2 Å². The van der Waals surface area contributed by atoms with E-state index in [1.54, 1.807) is 0 Å². The van der Waals surface area contributed by atoms with Crippen LogP contribution in [0.4, 0.5) is 5.69 Å². The molecular weight excluding hydrogens is 708 g/mol. The zero-order chi connectivity index (χ0) is 38.0. The summed E-state index contributed by atoms with van der Waals surface area (Å²) in [6.07, 6.45) is -5.53. The van der Waals surface area contributed by atoms with Gasteiger partial charge in [-0.05, 0) is 23.8 Å². The van der Waals surface area contributed by atoms with Crippen molar-refractivity contribution in [1.82, 2.24) is 15.5 Å². The second-order valence-corrected chi connectivity index (χ2v) is 12.4. The Bertz CT molecular complexity index is 1690. The summed E-state index contributed by atoms with van der Waals surface area (Å²) in [5, 5.41) is 46.4. The number of carboxylic acids is 1. The number of ether oxygens (including phenoxy) is 3. The van der Waals surface area contributed by atoms with Gasteiger partial charge in [0, 0.05) is 32.0 Å². The molecule has 0 saturated carbocycles.